The minimum absolute atomic E-state index is 0.0618. The number of ether oxygens (including phenoxy) is 1. The zero-order valence-electron chi connectivity index (χ0n) is 8.44. The highest BCUT2D eigenvalue weighted by Gasteiger charge is 2.05. The molecule has 0 radical (unpaired) electrons. The van der Waals surface area contributed by atoms with Crippen molar-refractivity contribution in [2.45, 2.75) is 6.61 Å². The van der Waals surface area contributed by atoms with Crippen LogP contribution in [0.5, 0.6) is 0 Å². The van der Waals surface area contributed by atoms with E-state index in [9.17, 15) is 9.18 Å². The van der Waals surface area contributed by atoms with Gasteiger partial charge in [0.2, 0.25) is 0 Å². The molecule has 1 aromatic carbocycles. The van der Waals surface area contributed by atoms with Crippen molar-refractivity contribution in [3.05, 3.63) is 35.6 Å². The molecular formula is C10H13FN2O2. The van der Waals surface area contributed by atoms with Crippen LogP contribution in [0.4, 0.5) is 4.39 Å². The third-order valence-electron chi connectivity index (χ3n) is 1.83. The second-order valence-electron chi connectivity index (χ2n) is 3.09. The van der Waals surface area contributed by atoms with Gasteiger partial charge < -0.3 is 4.74 Å². The SMILES string of the molecule is CN(N)C(=O)COCc1ccccc1F. The quantitative estimate of drug-likeness (QED) is 0.453. The summed E-state index contributed by atoms with van der Waals surface area (Å²) >= 11 is 0. The normalized spacial score (nSPS) is 10.1. The summed E-state index contributed by atoms with van der Waals surface area (Å²) in [5.41, 5.74) is 0.421. The van der Waals surface area contributed by atoms with E-state index in [4.69, 9.17) is 10.6 Å². The van der Waals surface area contributed by atoms with Crippen LogP contribution in [-0.4, -0.2) is 24.6 Å². The maximum atomic E-state index is 13.1. The fourth-order valence-corrected chi connectivity index (χ4v) is 0.966. The second kappa shape index (κ2) is 5.43. The predicted octanol–water partition coefficient (Wildman–Crippen LogP) is 0.674. The molecule has 0 fully saturated rings. The first-order valence-electron chi connectivity index (χ1n) is 4.43. The molecule has 2 N–H and O–H groups in total. The van der Waals surface area contributed by atoms with E-state index >= 15 is 0 Å². The van der Waals surface area contributed by atoms with Gasteiger partial charge in [0.25, 0.3) is 5.91 Å². The number of carbonyl (C=O) groups excluding carboxylic acids is 1. The molecule has 0 saturated carbocycles. The van der Waals surface area contributed by atoms with Gasteiger partial charge in [-0.15, -0.1) is 0 Å². The molecular weight excluding hydrogens is 199 g/mol. The van der Waals surface area contributed by atoms with Gasteiger partial charge in [0.05, 0.1) is 6.61 Å². The summed E-state index contributed by atoms with van der Waals surface area (Å²) in [4.78, 5) is 11.0. The maximum absolute atomic E-state index is 13.1. The smallest absolute Gasteiger partial charge is 0.262 e. The highest BCUT2D eigenvalue weighted by Crippen LogP contribution is 2.07. The highest BCUT2D eigenvalue weighted by atomic mass is 19.1. The predicted molar refractivity (Wildman–Crippen MR) is 53.0 cm³/mol. The van der Waals surface area contributed by atoms with Crippen molar-refractivity contribution >= 4 is 5.91 Å². The Morgan fingerprint density at radius 2 is 2.20 bits per heavy atom. The molecule has 0 aliphatic rings. The van der Waals surface area contributed by atoms with E-state index in [0.29, 0.717) is 5.56 Å². The van der Waals surface area contributed by atoms with Crippen molar-refractivity contribution in [2.24, 2.45) is 5.84 Å². The number of hydrazine groups is 1. The second-order valence-corrected chi connectivity index (χ2v) is 3.09. The number of halogens is 1. The minimum atomic E-state index is -0.355. The van der Waals surface area contributed by atoms with Crippen molar-refractivity contribution in [2.75, 3.05) is 13.7 Å². The molecule has 1 rings (SSSR count). The van der Waals surface area contributed by atoms with E-state index in [-0.39, 0.29) is 24.9 Å². The number of hydrogen-bond donors (Lipinski definition) is 1. The Morgan fingerprint density at radius 3 is 2.80 bits per heavy atom. The summed E-state index contributed by atoms with van der Waals surface area (Å²) in [6.45, 7) is -0.0897. The van der Waals surface area contributed by atoms with Crippen molar-refractivity contribution in [3.63, 3.8) is 0 Å². The monoisotopic (exact) mass is 212 g/mol. The van der Waals surface area contributed by atoms with E-state index in [0.717, 1.165) is 5.01 Å². The van der Waals surface area contributed by atoms with Gasteiger partial charge in [-0.05, 0) is 6.07 Å². The summed E-state index contributed by atoms with van der Waals surface area (Å²) in [6.07, 6.45) is 0. The number of nitrogens with zero attached hydrogens (tertiary/aromatic N) is 1. The molecule has 0 heterocycles. The van der Waals surface area contributed by atoms with Crippen molar-refractivity contribution in [3.8, 4) is 0 Å². The summed E-state index contributed by atoms with van der Waals surface area (Å²) in [7, 11) is 1.43. The third-order valence-corrected chi connectivity index (χ3v) is 1.83. The van der Waals surface area contributed by atoms with Gasteiger partial charge in [0.15, 0.2) is 0 Å². The fourth-order valence-electron chi connectivity index (χ4n) is 0.966. The van der Waals surface area contributed by atoms with Crippen LogP contribution in [0.2, 0.25) is 0 Å². The largest absolute Gasteiger partial charge is 0.367 e. The first-order valence-corrected chi connectivity index (χ1v) is 4.43. The van der Waals surface area contributed by atoms with E-state index < -0.39 is 0 Å². The number of carbonyl (C=O) groups is 1. The maximum Gasteiger partial charge on any atom is 0.262 e. The number of amides is 1. The molecule has 15 heavy (non-hydrogen) atoms. The van der Waals surface area contributed by atoms with Crippen LogP contribution < -0.4 is 5.84 Å². The molecule has 1 amide bonds. The van der Waals surface area contributed by atoms with Crippen LogP contribution in [0.3, 0.4) is 0 Å². The molecule has 0 atom stereocenters. The molecule has 0 aliphatic heterocycles. The van der Waals surface area contributed by atoms with Crippen molar-refractivity contribution in [1.82, 2.24) is 5.01 Å². The fraction of sp³-hybridized carbons (Fsp3) is 0.300. The number of nitrogens with two attached hydrogens (primary N) is 1. The molecule has 82 valence electrons. The lowest BCUT2D eigenvalue weighted by atomic mass is 10.2. The van der Waals surface area contributed by atoms with E-state index in [1.807, 2.05) is 0 Å². The van der Waals surface area contributed by atoms with E-state index in [1.165, 1.54) is 13.1 Å². The Bertz CT molecular complexity index is 342. The van der Waals surface area contributed by atoms with Crippen molar-refractivity contribution in [1.29, 1.82) is 0 Å². The zero-order valence-corrected chi connectivity index (χ0v) is 8.44. The lowest BCUT2D eigenvalue weighted by molar-refractivity contribution is -0.135. The standard InChI is InChI=1S/C10H13FN2O2/c1-13(12)10(14)7-15-6-8-4-2-3-5-9(8)11/h2-5H,6-7,12H2,1H3. The van der Waals surface area contributed by atoms with Crippen LogP contribution in [0, 0.1) is 5.82 Å². The highest BCUT2D eigenvalue weighted by molar-refractivity contribution is 5.76. The Hall–Kier alpha value is -1.46. The number of benzene rings is 1. The number of hydrogen-bond acceptors (Lipinski definition) is 3. The third kappa shape index (κ3) is 3.65. The molecule has 1 aromatic rings. The van der Waals surface area contributed by atoms with Gasteiger partial charge in [0.1, 0.15) is 12.4 Å². The molecule has 0 unspecified atom stereocenters. The summed E-state index contributed by atoms with van der Waals surface area (Å²) < 4.78 is 18.1. The van der Waals surface area contributed by atoms with Gasteiger partial charge in [-0.2, -0.15) is 0 Å². The molecule has 5 heteroatoms. The van der Waals surface area contributed by atoms with Gasteiger partial charge in [0, 0.05) is 12.6 Å². The Balaban J connectivity index is 2.38. The Kier molecular flexibility index (Phi) is 4.20. The first-order chi connectivity index (χ1) is 7.11. The van der Waals surface area contributed by atoms with E-state index in [1.54, 1.807) is 18.2 Å². The average Bonchev–Trinajstić information content (AvgIpc) is 2.20. The van der Waals surface area contributed by atoms with E-state index in [2.05, 4.69) is 0 Å². The van der Waals surface area contributed by atoms with Crippen LogP contribution in [-0.2, 0) is 16.1 Å². The first kappa shape index (κ1) is 11.6. The molecule has 0 aromatic heterocycles. The lowest BCUT2D eigenvalue weighted by Crippen LogP contribution is -2.35. The van der Waals surface area contributed by atoms with Crippen molar-refractivity contribution < 1.29 is 13.9 Å². The van der Waals surface area contributed by atoms with Crippen LogP contribution in [0.1, 0.15) is 5.56 Å². The summed E-state index contributed by atoms with van der Waals surface area (Å²) in [5.74, 6) is 4.48. The molecule has 4 nitrogen and oxygen atoms in total. The summed E-state index contributed by atoms with van der Waals surface area (Å²) in [5, 5.41) is 0.932. The van der Waals surface area contributed by atoms with Gasteiger partial charge >= 0.3 is 0 Å². The lowest BCUT2D eigenvalue weighted by Gasteiger charge is -2.10. The van der Waals surface area contributed by atoms with Gasteiger partial charge in [-0.1, -0.05) is 18.2 Å². The molecule has 0 aliphatic carbocycles. The summed E-state index contributed by atoms with van der Waals surface area (Å²) in [6, 6.07) is 6.25. The Labute approximate surface area is 87.4 Å². The van der Waals surface area contributed by atoms with Crippen LogP contribution >= 0.6 is 0 Å². The topological polar surface area (TPSA) is 55.6 Å². The van der Waals surface area contributed by atoms with Gasteiger partial charge in [-0.3, -0.25) is 9.80 Å². The molecule has 0 bridgehead atoms. The van der Waals surface area contributed by atoms with Crippen LogP contribution in [0.15, 0.2) is 24.3 Å². The zero-order chi connectivity index (χ0) is 11.3. The van der Waals surface area contributed by atoms with Gasteiger partial charge in [-0.25, -0.2) is 10.2 Å². The number of rotatable bonds is 4. The average molecular weight is 212 g/mol. The minimum Gasteiger partial charge on any atom is -0.367 e. The molecule has 0 spiro atoms. The molecule has 0 saturated heterocycles. The van der Waals surface area contributed by atoms with Crippen LogP contribution in [0.25, 0.3) is 0 Å². The number of likely N-dealkylation sites (N-methyl/N-ethyl adjacent to an activating group) is 1. The Morgan fingerprint density at radius 1 is 1.53 bits per heavy atom.